The van der Waals surface area contributed by atoms with E-state index in [0.29, 0.717) is 0 Å². The van der Waals surface area contributed by atoms with Crippen molar-refractivity contribution in [1.29, 1.82) is 0 Å². The molecule has 1 aliphatic heterocycles. The molecule has 0 aliphatic carbocycles. The normalized spacial score (nSPS) is 12.3. The van der Waals surface area contributed by atoms with Gasteiger partial charge in [0.15, 0.2) is 0 Å². The first-order chi connectivity index (χ1) is 16.4. The molecule has 4 aromatic carbocycles. The average molecular weight is 451 g/mol. The summed E-state index contributed by atoms with van der Waals surface area (Å²) in [7, 11) is 7.70. The van der Waals surface area contributed by atoms with Gasteiger partial charge in [-0.25, -0.2) is 0 Å². The van der Waals surface area contributed by atoms with E-state index >= 15 is 0 Å². The molecule has 1 aliphatic rings. The fourth-order valence-electron chi connectivity index (χ4n) is 4.92. The highest BCUT2D eigenvalue weighted by atomic mass is 16.5. The molecule has 0 radical (unpaired) electrons. The zero-order valence-corrected chi connectivity index (χ0v) is 20.6. The second kappa shape index (κ2) is 8.45. The zero-order chi connectivity index (χ0) is 24.0. The van der Waals surface area contributed by atoms with E-state index in [1.54, 1.807) is 14.2 Å². The highest BCUT2D eigenvalue weighted by Crippen LogP contribution is 2.49. The van der Waals surface area contributed by atoms with E-state index in [-0.39, 0.29) is 0 Å². The van der Waals surface area contributed by atoms with Crippen molar-refractivity contribution >= 4 is 22.7 Å². The molecule has 0 fully saturated rings. The summed E-state index contributed by atoms with van der Waals surface area (Å²) in [6, 6.07) is 25.9. The number of ether oxygens (including phenoxy) is 2. The van der Waals surface area contributed by atoms with Gasteiger partial charge >= 0.3 is 0 Å². The Morgan fingerprint density at radius 2 is 0.912 bits per heavy atom. The summed E-state index contributed by atoms with van der Waals surface area (Å²) in [6.45, 7) is 4.26. The van der Waals surface area contributed by atoms with Crippen molar-refractivity contribution in [2.45, 2.75) is 13.8 Å². The average Bonchev–Trinajstić information content (AvgIpc) is 2.86. The molecule has 4 aromatic rings. The van der Waals surface area contributed by atoms with Crippen molar-refractivity contribution < 1.29 is 9.47 Å². The van der Waals surface area contributed by atoms with Crippen molar-refractivity contribution in [3.8, 4) is 33.8 Å². The van der Waals surface area contributed by atoms with Crippen molar-refractivity contribution in [3.05, 3.63) is 83.9 Å². The Bertz CT molecular complexity index is 1290. The van der Waals surface area contributed by atoms with Crippen molar-refractivity contribution in [1.82, 2.24) is 0 Å². The SMILES string of the molecule is COc1ccc(-c2ccc3c(c2)N(C)c2ccc(-c4ccc(OC)cc4C)cc2N3C)c(C)c1. The lowest BCUT2D eigenvalue weighted by Gasteiger charge is -2.37. The van der Waals surface area contributed by atoms with E-state index in [1.165, 1.54) is 56.1 Å². The molecule has 0 bridgehead atoms. The number of hydrogen-bond acceptors (Lipinski definition) is 4. The number of nitrogens with zero attached hydrogens (tertiary/aromatic N) is 2. The first-order valence-electron chi connectivity index (χ1n) is 11.5. The molecule has 34 heavy (non-hydrogen) atoms. The van der Waals surface area contributed by atoms with Gasteiger partial charge in [-0.2, -0.15) is 0 Å². The van der Waals surface area contributed by atoms with Crippen LogP contribution in [0, 0.1) is 13.8 Å². The van der Waals surface area contributed by atoms with Gasteiger partial charge in [-0.05, 0) is 95.8 Å². The minimum atomic E-state index is 0.882. The maximum atomic E-state index is 5.39. The molecule has 0 saturated carbocycles. The molecule has 4 heteroatoms. The maximum Gasteiger partial charge on any atom is 0.119 e. The zero-order valence-electron chi connectivity index (χ0n) is 20.6. The largest absolute Gasteiger partial charge is 0.497 e. The van der Waals surface area contributed by atoms with Crippen LogP contribution in [0.15, 0.2) is 72.8 Å². The molecule has 0 amide bonds. The first-order valence-corrected chi connectivity index (χ1v) is 11.5. The Labute approximate surface area is 202 Å². The van der Waals surface area contributed by atoms with Crippen LogP contribution in [-0.2, 0) is 0 Å². The van der Waals surface area contributed by atoms with Crippen molar-refractivity contribution in [2.75, 3.05) is 38.1 Å². The third-order valence-electron chi connectivity index (χ3n) is 6.89. The number of anilines is 4. The van der Waals surface area contributed by atoms with E-state index in [4.69, 9.17) is 9.47 Å². The summed E-state index contributed by atoms with van der Waals surface area (Å²) in [4.78, 5) is 4.58. The fourth-order valence-corrected chi connectivity index (χ4v) is 4.92. The van der Waals surface area contributed by atoms with Crippen LogP contribution >= 0.6 is 0 Å². The topological polar surface area (TPSA) is 24.9 Å². The Morgan fingerprint density at radius 1 is 0.500 bits per heavy atom. The van der Waals surface area contributed by atoms with Gasteiger partial charge in [0.05, 0.1) is 37.0 Å². The van der Waals surface area contributed by atoms with E-state index in [1.807, 2.05) is 12.1 Å². The summed E-state index contributed by atoms with van der Waals surface area (Å²) in [5.74, 6) is 1.76. The standard InChI is InChI=1S/C30H30N2O2/c1-19-15-23(33-5)9-11-25(19)21-7-13-27-29(17-21)31(3)28-14-8-22(18-30(28)32(27)4)26-12-10-24(34-6)16-20(26)2/h7-18H,1-6H3. The molecule has 0 spiro atoms. The van der Waals surface area contributed by atoms with Gasteiger partial charge in [0, 0.05) is 14.1 Å². The second-order valence-electron chi connectivity index (χ2n) is 8.89. The van der Waals surface area contributed by atoms with Crippen LogP contribution in [0.4, 0.5) is 22.7 Å². The van der Waals surface area contributed by atoms with E-state index in [9.17, 15) is 0 Å². The number of methoxy groups -OCH3 is 2. The highest BCUT2D eigenvalue weighted by molar-refractivity contribution is 5.96. The maximum absolute atomic E-state index is 5.39. The van der Waals surface area contributed by atoms with Crippen LogP contribution in [0.25, 0.3) is 22.3 Å². The highest BCUT2D eigenvalue weighted by Gasteiger charge is 2.25. The summed E-state index contributed by atoms with van der Waals surface area (Å²) in [5, 5.41) is 0. The number of benzene rings is 4. The van der Waals surface area contributed by atoms with Crippen molar-refractivity contribution in [3.63, 3.8) is 0 Å². The minimum absolute atomic E-state index is 0.882. The second-order valence-corrected chi connectivity index (χ2v) is 8.89. The molecule has 0 aromatic heterocycles. The lowest BCUT2D eigenvalue weighted by Crippen LogP contribution is -2.24. The molecule has 0 saturated heterocycles. The predicted octanol–water partition coefficient (Wildman–Crippen LogP) is 7.50. The summed E-state index contributed by atoms with van der Waals surface area (Å²) >= 11 is 0. The van der Waals surface area contributed by atoms with Crippen LogP contribution in [-0.4, -0.2) is 28.3 Å². The fraction of sp³-hybridized carbons (Fsp3) is 0.200. The molecule has 5 rings (SSSR count). The van der Waals surface area contributed by atoms with E-state index in [0.717, 1.165) is 11.5 Å². The number of aryl methyl sites for hydroxylation is 2. The monoisotopic (exact) mass is 450 g/mol. The number of rotatable bonds is 4. The smallest absolute Gasteiger partial charge is 0.119 e. The van der Waals surface area contributed by atoms with Crippen LogP contribution in [0.2, 0.25) is 0 Å². The van der Waals surface area contributed by atoms with E-state index < -0.39 is 0 Å². The lowest BCUT2D eigenvalue weighted by atomic mass is 9.96. The molecule has 4 nitrogen and oxygen atoms in total. The van der Waals surface area contributed by atoms with Gasteiger partial charge in [-0.15, -0.1) is 0 Å². The summed E-state index contributed by atoms with van der Waals surface area (Å²) in [5.41, 5.74) is 12.0. The van der Waals surface area contributed by atoms with Gasteiger partial charge in [0.1, 0.15) is 11.5 Å². The van der Waals surface area contributed by atoms with E-state index in [2.05, 4.69) is 98.4 Å². The molecule has 172 valence electrons. The van der Waals surface area contributed by atoms with Gasteiger partial charge in [0.25, 0.3) is 0 Å². The summed E-state index contributed by atoms with van der Waals surface area (Å²) in [6.07, 6.45) is 0. The van der Waals surface area contributed by atoms with Crippen LogP contribution in [0.3, 0.4) is 0 Å². The van der Waals surface area contributed by atoms with Crippen LogP contribution in [0.5, 0.6) is 11.5 Å². The third kappa shape index (κ3) is 3.56. The molecule has 1 heterocycles. The van der Waals surface area contributed by atoms with Gasteiger partial charge < -0.3 is 19.3 Å². The predicted molar refractivity (Wildman–Crippen MR) is 142 cm³/mol. The Kier molecular flexibility index (Phi) is 5.45. The number of fused-ring (bicyclic) bond motifs is 2. The molecule has 0 N–H and O–H groups in total. The minimum Gasteiger partial charge on any atom is -0.497 e. The molecular formula is C30H30N2O2. The Hall–Kier alpha value is -3.92. The lowest BCUT2D eigenvalue weighted by molar-refractivity contribution is 0.414. The molecule has 0 atom stereocenters. The van der Waals surface area contributed by atoms with Gasteiger partial charge in [-0.1, -0.05) is 24.3 Å². The van der Waals surface area contributed by atoms with Gasteiger partial charge in [0.2, 0.25) is 0 Å². The van der Waals surface area contributed by atoms with Gasteiger partial charge in [-0.3, -0.25) is 0 Å². The van der Waals surface area contributed by atoms with Crippen LogP contribution in [0.1, 0.15) is 11.1 Å². The molecule has 0 unspecified atom stereocenters. The third-order valence-corrected chi connectivity index (χ3v) is 6.89. The first kappa shape index (κ1) is 21.9. The van der Waals surface area contributed by atoms with Crippen LogP contribution < -0.4 is 19.3 Å². The molecular weight excluding hydrogens is 420 g/mol. The summed E-state index contributed by atoms with van der Waals surface area (Å²) < 4.78 is 10.8. The Balaban J connectivity index is 1.55. The Morgan fingerprint density at radius 3 is 1.26 bits per heavy atom. The number of hydrogen-bond donors (Lipinski definition) is 0. The van der Waals surface area contributed by atoms with Crippen molar-refractivity contribution in [2.24, 2.45) is 0 Å². The quantitative estimate of drug-likeness (QED) is 0.321.